The molecule has 3 heterocycles. The minimum atomic E-state index is -2.25. The zero-order chi connectivity index (χ0) is 28.2. The summed E-state index contributed by atoms with van der Waals surface area (Å²) in [6.45, 7) is 10.1. The molecule has 0 aromatic carbocycles. The molecule has 2 N–H and O–H groups in total. The highest BCUT2D eigenvalue weighted by Gasteiger charge is 2.58. The van der Waals surface area contributed by atoms with Gasteiger partial charge in [0.2, 0.25) is 11.9 Å². The smallest absolute Gasteiger partial charge is 0.306 e. The molecule has 38 heavy (non-hydrogen) atoms. The van der Waals surface area contributed by atoms with Crippen LogP contribution in [0.4, 0.5) is 16.2 Å². The Bertz CT molecular complexity index is 1170. The van der Waals surface area contributed by atoms with Crippen LogP contribution in [0.3, 0.4) is 0 Å². The number of alkyl halides is 1. The number of esters is 2. The second kappa shape index (κ2) is 12.0. The minimum Gasteiger partial charge on any atom is -0.463 e. The van der Waals surface area contributed by atoms with Gasteiger partial charge in [0.05, 0.1) is 6.33 Å². The number of ether oxygens (including phenoxy) is 3. The van der Waals surface area contributed by atoms with Crippen molar-refractivity contribution in [1.29, 1.82) is 0 Å². The Labute approximate surface area is 221 Å². The number of anilines is 2. The van der Waals surface area contributed by atoms with Crippen molar-refractivity contribution in [2.24, 2.45) is 11.8 Å². The number of carbonyl (C=O) groups excluding carboxylic acids is 3. The van der Waals surface area contributed by atoms with E-state index in [2.05, 4.69) is 25.6 Å². The van der Waals surface area contributed by atoms with Gasteiger partial charge in [-0.25, -0.2) is 9.37 Å². The summed E-state index contributed by atoms with van der Waals surface area (Å²) in [4.78, 5) is 49.7. The van der Waals surface area contributed by atoms with Gasteiger partial charge < -0.3 is 19.5 Å². The van der Waals surface area contributed by atoms with Gasteiger partial charge in [0.15, 0.2) is 35.0 Å². The van der Waals surface area contributed by atoms with Crippen molar-refractivity contribution >= 4 is 40.8 Å². The molecule has 2 aromatic rings. The average Bonchev–Trinajstić information content (AvgIpc) is 3.34. The van der Waals surface area contributed by atoms with Crippen molar-refractivity contribution in [3.8, 4) is 0 Å². The van der Waals surface area contributed by atoms with Crippen LogP contribution < -0.4 is 10.6 Å². The molecule has 0 aliphatic carbocycles. The van der Waals surface area contributed by atoms with E-state index in [4.69, 9.17) is 14.2 Å². The van der Waals surface area contributed by atoms with E-state index < -0.39 is 36.0 Å². The lowest BCUT2D eigenvalue weighted by atomic mass is 9.98. The van der Waals surface area contributed by atoms with E-state index in [1.807, 2.05) is 27.7 Å². The van der Waals surface area contributed by atoms with Gasteiger partial charge in [0, 0.05) is 26.3 Å². The maximum absolute atomic E-state index is 16.5. The molecule has 3 rings (SSSR count). The fourth-order valence-electron chi connectivity index (χ4n) is 4.19. The highest BCUT2D eigenvalue weighted by molar-refractivity contribution is 5.91. The highest BCUT2D eigenvalue weighted by Crippen LogP contribution is 2.44. The number of amides is 1. The first-order chi connectivity index (χ1) is 17.9. The summed E-state index contributed by atoms with van der Waals surface area (Å²) in [6, 6.07) is 0. The summed E-state index contributed by atoms with van der Waals surface area (Å²) in [5.41, 5.74) is -1.74. The molecule has 210 valence electrons. The number of imidazole rings is 1. The van der Waals surface area contributed by atoms with E-state index in [1.165, 1.54) is 17.8 Å². The van der Waals surface area contributed by atoms with Crippen LogP contribution in [0.2, 0.25) is 0 Å². The van der Waals surface area contributed by atoms with E-state index in [1.54, 1.807) is 14.0 Å². The number of halogens is 1. The Hall–Kier alpha value is -3.35. The van der Waals surface area contributed by atoms with Crippen LogP contribution >= 0.6 is 0 Å². The number of aromatic nitrogens is 4. The van der Waals surface area contributed by atoms with Gasteiger partial charge in [-0.1, -0.05) is 34.6 Å². The molecule has 1 saturated heterocycles. The SMILES string of the molecule is CCC(=O)OC[C@H]1O[C@@H](n2cnc3c(NC)nc(NC(=O)CC(C)C)nc32)[C@](C)(F)[C@@H]1OC(=O)CC(C)C. The summed E-state index contributed by atoms with van der Waals surface area (Å²) in [6.07, 6.45) is -1.95. The summed E-state index contributed by atoms with van der Waals surface area (Å²) < 4.78 is 34.6. The number of rotatable bonds is 11. The van der Waals surface area contributed by atoms with Crippen molar-refractivity contribution in [1.82, 2.24) is 19.5 Å². The van der Waals surface area contributed by atoms with E-state index in [-0.39, 0.29) is 55.2 Å². The monoisotopic (exact) mass is 536 g/mol. The first-order valence-electron chi connectivity index (χ1n) is 12.8. The Kier molecular flexibility index (Phi) is 9.23. The second-order valence-electron chi connectivity index (χ2n) is 10.3. The quantitative estimate of drug-likeness (QED) is 0.410. The highest BCUT2D eigenvalue weighted by atomic mass is 19.1. The van der Waals surface area contributed by atoms with Gasteiger partial charge in [-0.15, -0.1) is 0 Å². The summed E-state index contributed by atoms with van der Waals surface area (Å²) in [5, 5.41) is 5.58. The third-order valence-corrected chi connectivity index (χ3v) is 5.97. The van der Waals surface area contributed by atoms with Crippen LogP contribution in [-0.2, 0) is 28.6 Å². The predicted octanol–water partition coefficient (Wildman–Crippen LogP) is 3.39. The Balaban J connectivity index is 2.00. The fourth-order valence-corrected chi connectivity index (χ4v) is 4.19. The zero-order valence-corrected chi connectivity index (χ0v) is 22.9. The van der Waals surface area contributed by atoms with Gasteiger partial charge in [-0.2, -0.15) is 9.97 Å². The largest absolute Gasteiger partial charge is 0.463 e. The zero-order valence-electron chi connectivity index (χ0n) is 22.9. The molecule has 1 amide bonds. The molecule has 2 aromatic heterocycles. The van der Waals surface area contributed by atoms with Crippen LogP contribution in [-0.4, -0.2) is 68.9 Å². The van der Waals surface area contributed by atoms with Crippen molar-refractivity contribution in [2.45, 2.75) is 84.9 Å². The Morgan fingerprint density at radius 1 is 1.16 bits per heavy atom. The lowest BCUT2D eigenvalue weighted by Gasteiger charge is -2.28. The molecule has 1 aliphatic rings. The van der Waals surface area contributed by atoms with Crippen molar-refractivity contribution in [3.05, 3.63) is 6.33 Å². The lowest BCUT2D eigenvalue weighted by Crippen LogP contribution is -2.44. The standard InChI is InChI=1S/C25H37FN6O6/c1-8-17(34)36-11-15-20(38-18(35)10-14(4)5)25(6,26)23(37-15)32-12-28-19-21(27-7)30-24(31-22(19)32)29-16(33)9-13(2)3/h12-15,20,23H,8-11H2,1-7H3,(H2,27,29,30,31,33)/t15-,20-,23-,25-/m1/s1. The van der Waals surface area contributed by atoms with Gasteiger partial charge in [-0.3, -0.25) is 24.3 Å². The average molecular weight is 537 g/mol. The second-order valence-corrected chi connectivity index (χ2v) is 10.3. The van der Waals surface area contributed by atoms with Crippen molar-refractivity contribution in [3.63, 3.8) is 0 Å². The molecule has 0 bridgehead atoms. The molecule has 1 fully saturated rings. The maximum Gasteiger partial charge on any atom is 0.306 e. The summed E-state index contributed by atoms with van der Waals surface area (Å²) in [7, 11) is 1.63. The van der Waals surface area contributed by atoms with E-state index >= 15 is 4.39 Å². The third kappa shape index (κ3) is 6.55. The normalized spacial score (nSPS) is 23.2. The van der Waals surface area contributed by atoms with E-state index in [0.29, 0.717) is 11.3 Å². The van der Waals surface area contributed by atoms with Crippen LogP contribution in [0.25, 0.3) is 11.2 Å². The third-order valence-electron chi connectivity index (χ3n) is 5.97. The molecule has 1 aliphatic heterocycles. The molecule has 12 nitrogen and oxygen atoms in total. The number of hydrogen-bond acceptors (Lipinski definition) is 10. The van der Waals surface area contributed by atoms with Crippen molar-refractivity contribution in [2.75, 3.05) is 24.3 Å². The topological polar surface area (TPSA) is 147 Å². The number of fused-ring (bicyclic) bond motifs is 1. The molecular formula is C25H37FN6O6. The summed E-state index contributed by atoms with van der Waals surface area (Å²) in [5.74, 6) is -0.888. The van der Waals surface area contributed by atoms with Crippen LogP contribution in [0, 0.1) is 11.8 Å². The Morgan fingerprint density at radius 3 is 2.45 bits per heavy atom. The maximum atomic E-state index is 16.5. The minimum absolute atomic E-state index is 0.00133. The molecule has 0 spiro atoms. The molecular weight excluding hydrogens is 499 g/mol. The number of nitrogens with one attached hydrogen (secondary N) is 2. The van der Waals surface area contributed by atoms with Crippen molar-refractivity contribution < 1.29 is 33.0 Å². The van der Waals surface area contributed by atoms with E-state index in [0.717, 1.165) is 0 Å². The van der Waals surface area contributed by atoms with Gasteiger partial charge >= 0.3 is 11.9 Å². The Morgan fingerprint density at radius 2 is 1.84 bits per heavy atom. The van der Waals surface area contributed by atoms with Gasteiger partial charge in [-0.05, 0) is 18.8 Å². The number of carbonyl (C=O) groups is 3. The lowest BCUT2D eigenvalue weighted by molar-refractivity contribution is -0.162. The molecule has 0 unspecified atom stereocenters. The van der Waals surface area contributed by atoms with Crippen LogP contribution in [0.15, 0.2) is 6.33 Å². The van der Waals surface area contributed by atoms with Crippen LogP contribution in [0.5, 0.6) is 0 Å². The molecule has 4 atom stereocenters. The van der Waals surface area contributed by atoms with E-state index in [9.17, 15) is 14.4 Å². The summed E-state index contributed by atoms with van der Waals surface area (Å²) >= 11 is 0. The number of nitrogens with zero attached hydrogens (tertiary/aromatic N) is 4. The van der Waals surface area contributed by atoms with Gasteiger partial charge in [0.1, 0.15) is 12.7 Å². The molecule has 0 saturated carbocycles. The van der Waals surface area contributed by atoms with Gasteiger partial charge in [0.25, 0.3) is 0 Å². The molecule has 0 radical (unpaired) electrons. The predicted molar refractivity (Wildman–Crippen MR) is 137 cm³/mol. The first-order valence-corrected chi connectivity index (χ1v) is 12.8. The van der Waals surface area contributed by atoms with Crippen LogP contribution in [0.1, 0.15) is 67.0 Å². The first kappa shape index (κ1) is 29.2. The molecule has 13 heteroatoms. The fraction of sp³-hybridized carbons (Fsp3) is 0.680. The number of hydrogen-bond donors (Lipinski definition) is 2.